The molecule has 2 fully saturated rings. The number of hydrogen-bond donors (Lipinski definition) is 0. The molecule has 1 spiro atoms. The van der Waals surface area contributed by atoms with Gasteiger partial charge in [-0.05, 0) is 60.4 Å². The summed E-state index contributed by atoms with van der Waals surface area (Å²) < 4.78 is 6.88. The maximum absolute atomic E-state index is 6.28. The van der Waals surface area contributed by atoms with Gasteiger partial charge in [0.25, 0.3) is 0 Å². The maximum Gasteiger partial charge on any atom is 0.148 e. The molecule has 0 unspecified atom stereocenters. The highest BCUT2D eigenvalue weighted by molar-refractivity contribution is 14.1. The van der Waals surface area contributed by atoms with E-state index in [9.17, 15) is 0 Å². The predicted molar refractivity (Wildman–Crippen MR) is 115 cm³/mol. The lowest BCUT2D eigenvalue weighted by atomic mass is 9.89. The molecular weight excluding hydrogens is 504 g/mol. The topological polar surface area (TPSA) is 38.2 Å². The third-order valence-electron chi connectivity index (χ3n) is 4.99. The molecule has 0 saturated carbocycles. The van der Waals surface area contributed by atoms with Gasteiger partial charge in [-0.2, -0.15) is 0 Å². The molecule has 0 radical (unpaired) electrons. The minimum atomic E-state index is 0.121. The zero-order valence-electron chi connectivity index (χ0n) is 14.1. The molecule has 0 atom stereocenters. The molecule has 0 bridgehead atoms. The monoisotopic (exact) mass is 521 g/mol. The van der Waals surface area contributed by atoms with Crippen LogP contribution in [0.4, 0.5) is 5.82 Å². The first-order valence-corrected chi connectivity index (χ1v) is 11.2. The number of halogens is 3. The fourth-order valence-electron chi connectivity index (χ4n) is 3.53. The van der Waals surface area contributed by atoms with Gasteiger partial charge in [0.2, 0.25) is 0 Å². The van der Waals surface area contributed by atoms with Crippen LogP contribution in [-0.2, 0) is 4.74 Å². The summed E-state index contributed by atoms with van der Waals surface area (Å²) in [6.07, 6.45) is 6.38. The van der Waals surface area contributed by atoms with Crippen LogP contribution in [0, 0.1) is 3.70 Å². The quantitative estimate of drug-likeness (QED) is 0.485. The van der Waals surface area contributed by atoms with Crippen LogP contribution in [0.1, 0.15) is 25.7 Å². The summed E-state index contributed by atoms with van der Waals surface area (Å²) in [7, 11) is 0. The SMILES string of the molecule is Clc1cccc(Sc2ncc(N3CCC4(CCCO4)CC3)nc2I)c1Cl. The average molecular weight is 522 g/mol. The highest BCUT2D eigenvalue weighted by Crippen LogP contribution is 2.39. The van der Waals surface area contributed by atoms with Crippen molar-refractivity contribution in [3.63, 3.8) is 0 Å². The Kier molecular flexibility index (Phi) is 5.86. The Hall–Kier alpha value is -0.280. The van der Waals surface area contributed by atoms with Crippen LogP contribution in [0.5, 0.6) is 0 Å². The lowest BCUT2D eigenvalue weighted by Crippen LogP contribution is -2.44. The highest BCUT2D eigenvalue weighted by atomic mass is 127. The molecular formula is C18H18Cl2IN3OS. The standard InChI is InChI=1S/C18H18Cl2IN3OS/c19-12-3-1-4-13(15(12)20)26-17-16(21)23-14(11-22-17)24-8-6-18(7-9-24)5-2-10-25-18/h1,3-4,11H,2,5-10H2. The molecule has 8 heteroatoms. The van der Waals surface area contributed by atoms with E-state index < -0.39 is 0 Å². The lowest BCUT2D eigenvalue weighted by Gasteiger charge is -2.39. The molecule has 26 heavy (non-hydrogen) atoms. The first-order valence-electron chi connectivity index (χ1n) is 8.60. The Labute approximate surface area is 181 Å². The van der Waals surface area contributed by atoms with Gasteiger partial charge < -0.3 is 9.64 Å². The summed E-state index contributed by atoms with van der Waals surface area (Å²) in [6.45, 7) is 2.85. The van der Waals surface area contributed by atoms with Crippen molar-refractivity contribution in [3.05, 3.63) is 38.1 Å². The molecule has 2 aliphatic heterocycles. The van der Waals surface area contributed by atoms with Crippen LogP contribution in [0.2, 0.25) is 10.0 Å². The third-order valence-corrected chi connectivity index (χ3v) is 8.09. The fourth-order valence-corrected chi connectivity index (χ4v) is 5.51. The number of piperidine rings is 1. The van der Waals surface area contributed by atoms with Gasteiger partial charge in [-0.25, -0.2) is 9.97 Å². The van der Waals surface area contributed by atoms with Gasteiger partial charge in [-0.3, -0.25) is 0 Å². The van der Waals surface area contributed by atoms with E-state index in [1.165, 1.54) is 24.6 Å². The van der Waals surface area contributed by atoms with E-state index in [1.54, 1.807) is 6.07 Å². The Balaban J connectivity index is 1.47. The summed E-state index contributed by atoms with van der Waals surface area (Å²) in [5.41, 5.74) is 0.121. The van der Waals surface area contributed by atoms with E-state index in [0.29, 0.717) is 10.0 Å². The number of hydrogen-bond acceptors (Lipinski definition) is 5. The number of benzene rings is 1. The molecule has 4 rings (SSSR count). The maximum atomic E-state index is 6.28. The van der Waals surface area contributed by atoms with Crippen molar-refractivity contribution in [2.75, 3.05) is 24.6 Å². The average Bonchev–Trinajstić information content (AvgIpc) is 3.09. The zero-order chi connectivity index (χ0) is 18.1. The molecule has 0 aliphatic carbocycles. The van der Waals surface area contributed by atoms with Crippen molar-refractivity contribution < 1.29 is 4.74 Å². The minimum absolute atomic E-state index is 0.121. The molecule has 2 aliphatic rings. The number of nitrogens with zero attached hydrogens (tertiary/aromatic N) is 3. The summed E-state index contributed by atoms with van der Waals surface area (Å²) >= 11 is 16.1. The smallest absolute Gasteiger partial charge is 0.148 e. The highest BCUT2D eigenvalue weighted by Gasteiger charge is 2.38. The van der Waals surface area contributed by atoms with Crippen molar-refractivity contribution in [1.29, 1.82) is 0 Å². The molecule has 3 heterocycles. The van der Waals surface area contributed by atoms with Crippen molar-refractivity contribution in [3.8, 4) is 0 Å². The molecule has 0 amide bonds. The molecule has 2 aromatic rings. The van der Waals surface area contributed by atoms with Gasteiger partial charge in [-0.1, -0.05) is 41.0 Å². The molecule has 138 valence electrons. The van der Waals surface area contributed by atoms with Crippen LogP contribution in [0.15, 0.2) is 34.3 Å². The minimum Gasteiger partial charge on any atom is -0.375 e. The predicted octanol–water partition coefficient (Wildman–Crippen LogP) is 5.69. The second-order valence-corrected chi connectivity index (χ2v) is 9.44. The van der Waals surface area contributed by atoms with Crippen molar-refractivity contribution >= 4 is 63.4 Å². The van der Waals surface area contributed by atoms with E-state index in [4.69, 9.17) is 32.9 Å². The normalized spacial score (nSPS) is 19.3. The van der Waals surface area contributed by atoms with Gasteiger partial charge in [-0.15, -0.1) is 0 Å². The Morgan fingerprint density at radius 1 is 1.19 bits per heavy atom. The van der Waals surface area contributed by atoms with Crippen LogP contribution in [0.3, 0.4) is 0 Å². The van der Waals surface area contributed by atoms with Gasteiger partial charge >= 0.3 is 0 Å². The van der Waals surface area contributed by atoms with E-state index in [2.05, 4.69) is 32.5 Å². The zero-order valence-corrected chi connectivity index (χ0v) is 18.5. The van der Waals surface area contributed by atoms with E-state index in [0.717, 1.165) is 52.0 Å². The van der Waals surface area contributed by atoms with E-state index >= 15 is 0 Å². The Morgan fingerprint density at radius 2 is 2.00 bits per heavy atom. The Morgan fingerprint density at radius 3 is 2.69 bits per heavy atom. The first kappa shape index (κ1) is 19.1. The number of ether oxygens (including phenoxy) is 1. The summed E-state index contributed by atoms with van der Waals surface area (Å²) in [4.78, 5) is 12.6. The first-order chi connectivity index (χ1) is 12.6. The summed E-state index contributed by atoms with van der Waals surface area (Å²) in [5, 5.41) is 1.94. The van der Waals surface area contributed by atoms with Crippen molar-refractivity contribution in [2.24, 2.45) is 0 Å². The van der Waals surface area contributed by atoms with Gasteiger partial charge in [0, 0.05) is 24.6 Å². The van der Waals surface area contributed by atoms with Gasteiger partial charge in [0.05, 0.1) is 21.8 Å². The Bertz CT molecular complexity index is 807. The largest absolute Gasteiger partial charge is 0.375 e. The lowest BCUT2D eigenvalue weighted by molar-refractivity contribution is -0.0147. The molecule has 4 nitrogen and oxygen atoms in total. The van der Waals surface area contributed by atoms with Crippen LogP contribution in [-0.4, -0.2) is 35.3 Å². The second kappa shape index (κ2) is 7.99. The number of anilines is 1. The number of rotatable bonds is 3. The van der Waals surface area contributed by atoms with Crippen LogP contribution >= 0.6 is 57.6 Å². The van der Waals surface area contributed by atoms with Crippen LogP contribution < -0.4 is 4.90 Å². The van der Waals surface area contributed by atoms with Crippen LogP contribution in [0.25, 0.3) is 0 Å². The fraction of sp³-hybridized carbons (Fsp3) is 0.444. The summed E-state index contributed by atoms with van der Waals surface area (Å²) in [6, 6.07) is 5.61. The van der Waals surface area contributed by atoms with Gasteiger partial charge in [0.1, 0.15) is 14.5 Å². The van der Waals surface area contributed by atoms with Crippen molar-refractivity contribution in [2.45, 2.75) is 41.2 Å². The van der Waals surface area contributed by atoms with Crippen molar-refractivity contribution in [1.82, 2.24) is 9.97 Å². The molecule has 2 saturated heterocycles. The summed E-state index contributed by atoms with van der Waals surface area (Å²) in [5.74, 6) is 0.934. The van der Waals surface area contributed by atoms with Gasteiger partial charge in [0.15, 0.2) is 0 Å². The second-order valence-electron chi connectivity index (χ2n) is 6.60. The van der Waals surface area contributed by atoms with E-state index in [1.807, 2.05) is 18.3 Å². The molecule has 0 N–H and O–H groups in total. The van der Waals surface area contributed by atoms with E-state index in [-0.39, 0.29) is 5.60 Å². The molecule has 1 aromatic carbocycles. The molecule has 1 aromatic heterocycles. The number of aromatic nitrogens is 2. The third kappa shape index (κ3) is 3.94.